The summed E-state index contributed by atoms with van der Waals surface area (Å²) in [6, 6.07) is 0.563. The molecule has 3 nitrogen and oxygen atoms in total. The van der Waals surface area contributed by atoms with Crippen molar-refractivity contribution < 1.29 is 4.79 Å². The van der Waals surface area contributed by atoms with Crippen molar-refractivity contribution in [1.82, 2.24) is 9.80 Å². The molecule has 0 heterocycles. The SMILES string of the molecule is CN(C)C(=O)N(C)C1CCC(C)(C)CC1. The highest BCUT2D eigenvalue weighted by Gasteiger charge is 2.30. The summed E-state index contributed by atoms with van der Waals surface area (Å²) in [6.07, 6.45) is 4.73. The molecule has 1 saturated carbocycles. The van der Waals surface area contributed by atoms with E-state index in [9.17, 15) is 4.79 Å². The summed E-state index contributed by atoms with van der Waals surface area (Å²) >= 11 is 0. The van der Waals surface area contributed by atoms with Gasteiger partial charge in [-0.3, -0.25) is 0 Å². The Balaban J connectivity index is 2.50. The first-order valence-electron chi connectivity index (χ1n) is 5.77. The summed E-state index contributed by atoms with van der Waals surface area (Å²) in [5.41, 5.74) is 0.471. The van der Waals surface area contributed by atoms with Gasteiger partial charge in [0.05, 0.1) is 0 Å². The molecule has 0 atom stereocenters. The van der Waals surface area contributed by atoms with Crippen LogP contribution in [0.3, 0.4) is 0 Å². The van der Waals surface area contributed by atoms with Crippen LogP contribution < -0.4 is 0 Å². The maximum absolute atomic E-state index is 11.8. The van der Waals surface area contributed by atoms with Gasteiger partial charge in [0.2, 0.25) is 0 Å². The average Bonchev–Trinajstić information content (AvgIpc) is 2.15. The normalized spacial score (nSPS) is 21.1. The number of carbonyl (C=O) groups is 1. The lowest BCUT2D eigenvalue weighted by Crippen LogP contribution is -2.45. The second-order valence-electron chi connectivity index (χ2n) is 5.68. The third kappa shape index (κ3) is 3.11. The topological polar surface area (TPSA) is 23.6 Å². The summed E-state index contributed by atoms with van der Waals surface area (Å²) in [6.45, 7) is 4.63. The molecule has 0 spiro atoms. The third-order valence-corrected chi connectivity index (χ3v) is 3.54. The van der Waals surface area contributed by atoms with Gasteiger partial charge in [-0.1, -0.05) is 13.8 Å². The van der Waals surface area contributed by atoms with Gasteiger partial charge in [0.25, 0.3) is 0 Å². The first-order valence-corrected chi connectivity index (χ1v) is 5.77. The van der Waals surface area contributed by atoms with Gasteiger partial charge in [0.1, 0.15) is 0 Å². The van der Waals surface area contributed by atoms with Crippen LogP contribution in [0, 0.1) is 5.41 Å². The van der Waals surface area contributed by atoms with Gasteiger partial charge >= 0.3 is 6.03 Å². The molecule has 2 amide bonds. The van der Waals surface area contributed by atoms with Crippen LogP contribution in [0.4, 0.5) is 4.79 Å². The van der Waals surface area contributed by atoms with E-state index in [4.69, 9.17) is 0 Å². The van der Waals surface area contributed by atoms with Crippen molar-refractivity contribution >= 4 is 6.03 Å². The molecule has 0 N–H and O–H groups in total. The van der Waals surface area contributed by atoms with Gasteiger partial charge in [-0.25, -0.2) is 4.79 Å². The van der Waals surface area contributed by atoms with E-state index in [1.165, 1.54) is 12.8 Å². The molecule has 1 fully saturated rings. The number of hydrogen-bond acceptors (Lipinski definition) is 1. The number of amides is 2. The molecule has 0 radical (unpaired) electrons. The van der Waals surface area contributed by atoms with Gasteiger partial charge in [0, 0.05) is 27.2 Å². The largest absolute Gasteiger partial charge is 0.331 e. The molecule has 0 bridgehead atoms. The molecule has 1 aliphatic carbocycles. The molecule has 15 heavy (non-hydrogen) atoms. The van der Waals surface area contributed by atoms with E-state index in [1.807, 2.05) is 26.0 Å². The summed E-state index contributed by atoms with van der Waals surface area (Å²) in [4.78, 5) is 15.3. The second-order valence-corrected chi connectivity index (χ2v) is 5.68. The molecule has 0 aromatic carbocycles. The van der Waals surface area contributed by atoms with Gasteiger partial charge in [-0.15, -0.1) is 0 Å². The number of hydrogen-bond donors (Lipinski definition) is 0. The minimum absolute atomic E-state index is 0.125. The Bertz CT molecular complexity index is 226. The predicted molar refractivity (Wildman–Crippen MR) is 62.9 cm³/mol. The highest BCUT2D eigenvalue weighted by atomic mass is 16.2. The Morgan fingerprint density at radius 3 is 2.00 bits per heavy atom. The van der Waals surface area contributed by atoms with Gasteiger partial charge in [0.15, 0.2) is 0 Å². The molecule has 1 rings (SSSR count). The Morgan fingerprint density at radius 1 is 1.13 bits per heavy atom. The lowest BCUT2D eigenvalue weighted by atomic mass is 9.75. The van der Waals surface area contributed by atoms with Crippen LogP contribution >= 0.6 is 0 Å². The molecule has 0 saturated heterocycles. The fourth-order valence-electron chi connectivity index (χ4n) is 2.24. The first-order chi connectivity index (χ1) is 6.83. The summed E-state index contributed by atoms with van der Waals surface area (Å²) in [5, 5.41) is 0. The highest BCUT2D eigenvalue weighted by Crippen LogP contribution is 2.36. The zero-order valence-electron chi connectivity index (χ0n) is 10.7. The van der Waals surface area contributed by atoms with Gasteiger partial charge < -0.3 is 9.80 Å². The zero-order chi connectivity index (χ0) is 11.6. The van der Waals surface area contributed by atoms with Crippen molar-refractivity contribution in [3.8, 4) is 0 Å². The minimum atomic E-state index is 0.125. The van der Waals surface area contributed by atoms with E-state index in [1.54, 1.807) is 4.90 Å². The van der Waals surface area contributed by atoms with Crippen LogP contribution in [0.25, 0.3) is 0 Å². The fourth-order valence-corrected chi connectivity index (χ4v) is 2.24. The minimum Gasteiger partial charge on any atom is -0.331 e. The average molecular weight is 212 g/mol. The maximum atomic E-state index is 11.8. The third-order valence-electron chi connectivity index (χ3n) is 3.54. The number of urea groups is 1. The van der Waals surface area contributed by atoms with Crippen molar-refractivity contribution in [3.05, 3.63) is 0 Å². The Labute approximate surface area is 93.4 Å². The van der Waals surface area contributed by atoms with Crippen molar-refractivity contribution in [2.24, 2.45) is 5.41 Å². The van der Waals surface area contributed by atoms with Crippen LogP contribution in [0.2, 0.25) is 0 Å². The van der Waals surface area contributed by atoms with Crippen molar-refractivity contribution in [3.63, 3.8) is 0 Å². The first kappa shape index (κ1) is 12.3. The zero-order valence-corrected chi connectivity index (χ0v) is 10.7. The van der Waals surface area contributed by atoms with Crippen LogP contribution in [-0.2, 0) is 0 Å². The Kier molecular flexibility index (Phi) is 3.63. The van der Waals surface area contributed by atoms with E-state index in [-0.39, 0.29) is 6.03 Å². The van der Waals surface area contributed by atoms with Crippen LogP contribution in [0.15, 0.2) is 0 Å². The van der Waals surface area contributed by atoms with E-state index in [2.05, 4.69) is 13.8 Å². The predicted octanol–water partition coefficient (Wildman–Crippen LogP) is 2.57. The van der Waals surface area contributed by atoms with Crippen molar-refractivity contribution in [2.75, 3.05) is 21.1 Å². The van der Waals surface area contributed by atoms with Crippen molar-refractivity contribution in [1.29, 1.82) is 0 Å². The highest BCUT2D eigenvalue weighted by molar-refractivity contribution is 5.73. The maximum Gasteiger partial charge on any atom is 0.319 e. The molecule has 88 valence electrons. The molecule has 0 unspecified atom stereocenters. The summed E-state index contributed by atoms with van der Waals surface area (Å²) < 4.78 is 0. The van der Waals surface area contributed by atoms with Crippen LogP contribution in [-0.4, -0.2) is 43.0 Å². The number of nitrogens with zero attached hydrogens (tertiary/aromatic N) is 2. The van der Waals surface area contributed by atoms with Gasteiger partial charge in [-0.05, 0) is 31.1 Å². The van der Waals surface area contributed by atoms with E-state index < -0.39 is 0 Å². The smallest absolute Gasteiger partial charge is 0.319 e. The Hall–Kier alpha value is -0.730. The number of carbonyl (C=O) groups excluding carboxylic acids is 1. The molecular weight excluding hydrogens is 188 g/mol. The molecule has 0 aromatic rings. The molecule has 0 aromatic heterocycles. The van der Waals surface area contributed by atoms with E-state index >= 15 is 0 Å². The van der Waals surface area contributed by atoms with Crippen LogP contribution in [0.1, 0.15) is 39.5 Å². The number of rotatable bonds is 1. The van der Waals surface area contributed by atoms with E-state index in [0.29, 0.717) is 11.5 Å². The van der Waals surface area contributed by atoms with Crippen LogP contribution in [0.5, 0.6) is 0 Å². The van der Waals surface area contributed by atoms with E-state index in [0.717, 1.165) is 12.8 Å². The Morgan fingerprint density at radius 2 is 1.60 bits per heavy atom. The second kappa shape index (κ2) is 4.42. The van der Waals surface area contributed by atoms with Gasteiger partial charge in [-0.2, -0.15) is 0 Å². The quantitative estimate of drug-likeness (QED) is 0.655. The summed E-state index contributed by atoms with van der Waals surface area (Å²) in [7, 11) is 5.54. The van der Waals surface area contributed by atoms with Crippen molar-refractivity contribution in [2.45, 2.75) is 45.6 Å². The standard InChI is InChI=1S/C12H24N2O/c1-12(2)8-6-10(7-9-12)14(5)11(15)13(3)4/h10H,6-9H2,1-5H3. The molecule has 0 aliphatic heterocycles. The summed E-state index contributed by atoms with van der Waals surface area (Å²) in [5.74, 6) is 0. The lowest BCUT2D eigenvalue weighted by molar-refractivity contribution is 0.120. The fraction of sp³-hybridized carbons (Fsp3) is 0.917. The molecule has 3 heteroatoms. The molecular formula is C12H24N2O. The monoisotopic (exact) mass is 212 g/mol. The lowest BCUT2D eigenvalue weighted by Gasteiger charge is -2.39. The molecule has 1 aliphatic rings.